The molecular weight excluding hydrogens is 366 g/mol. The van der Waals surface area contributed by atoms with Gasteiger partial charge in [0.1, 0.15) is 17.5 Å². The Kier molecular flexibility index (Phi) is 8.39. The summed E-state index contributed by atoms with van der Waals surface area (Å²) in [4.78, 5) is 13.1. The summed E-state index contributed by atoms with van der Waals surface area (Å²) in [6.07, 6.45) is 4.43. The number of carbonyl (C=O) groups is 1. The topological polar surface area (TPSA) is 56.8 Å². The van der Waals surface area contributed by atoms with Crippen molar-refractivity contribution < 1.29 is 19.0 Å². The van der Waals surface area contributed by atoms with Crippen LogP contribution in [0.3, 0.4) is 0 Å². The molecule has 1 fully saturated rings. The van der Waals surface area contributed by atoms with Crippen LogP contribution in [0.4, 0.5) is 5.69 Å². The Hall–Kier alpha value is -1.30. The van der Waals surface area contributed by atoms with Gasteiger partial charge in [0.15, 0.2) is 0 Å². The number of hydrogen-bond donors (Lipinski definition) is 1. The zero-order chi connectivity index (χ0) is 19.9. The second kappa shape index (κ2) is 10.3. The summed E-state index contributed by atoms with van der Waals surface area (Å²) in [5.74, 6) is 0.963. The summed E-state index contributed by atoms with van der Waals surface area (Å²) in [5, 5.41) is 3.45. The highest BCUT2D eigenvalue weighted by Gasteiger charge is 2.42. The number of amides is 1. The third-order valence-electron chi connectivity index (χ3n) is 4.87. The molecule has 6 heteroatoms. The first-order chi connectivity index (χ1) is 12.9. The highest BCUT2D eigenvalue weighted by Crippen LogP contribution is 2.37. The van der Waals surface area contributed by atoms with Crippen molar-refractivity contribution in [3.05, 3.63) is 23.2 Å². The fraction of sp³-hybridized carbons (Fsp3) is 0.667. The van der Waals surface area contributed by atoms with E-state index in [1.165, 1.54) is 0 Å². The van der Waals surface area contributed by atoms with Crippen molar-refractivity contribution in [2.75, 3.05) is 25.6 Å². The van der Waals surface area contributed by atoms with Gasteiger partial charge in [-0.15, -0.1) is 0 Å². The fourth-order valence-corrected chi connectivity index (χ4v) is 3.83. The van der Waals surface area contributed by atoms with E-state index in [9.17, 15) is 4.79 Å². The molecule has 1 aromatic carbocycles. The third kappa shape index (κ3) is 6.09. The average molecular weight is 398 g/mol. The molecule has 1 N–H and O–H groups in total. The van der Waals surface area contributed by atoms with Crippen molar-refractivity contribution in [1.82, 2.24) is 0 Å². The molecule has 2 rings (SSSR count). The molecule has 27 heavy (non-hydrogen) atoms. The molecule has 0 unspecified atom stereocenters. The van der Waals surface area contributed by atoms with Crippen molar-refractivity contribution >= 4 is 23.2 Å². The van der Waals surface area contributed by atoms with Gasteiger partial charge in [0.25, 0.3) is 5.91 Å². The zero-order valence-electron chi connectivity index (χ0n) is 16.8. The smallest absolute Gasteiger partial charge is 0.256 e. The minimum atomic E-state index is -0.748. The quantitative estimate of drug-likeness (QED) is 0.632. The van der Waals surface area contributed by atoms with Gasteiger partial charge >= 0.3 is 0 Å². The van der Waals surface area contributed by atoms with Gasteiger partial charge in [-0.1, -0.05) is 31.9 Å². The average Bonchev–Trinajstić information content (AvgIpc) is 2.62. The summed E-state index contributed by atoms with van der Waals surface area (Å²) in [5.41, 5.74) is -0.100. The lowest BCUT2D eigenvalue weighted by atomic mass is 9.78. The molecule has 1 aliphatic rings. The number of halogens is 1. The van der Waals surface area contributed by atoms with E-state index in [1.54, 1.807) is 25.3 Å². The van der Waals surface area contributed by atoms with Gasteiger partial charge in [-0.05, 0) is 56.7 Å². The Labute approximate surface area is 167 Å². The van der Waals surface area contributed by atoms with E-state index in [0.717, 1.165) is 32.1 Å². The Morgan fingerprint density at radius 3 is 2.85 bits per heavy atom. The predicted molar refractivity (Wildman–Crippen MR) is 109 cm³/mol. The maximum atomic E-state index is 13.1. The van der Waals surface area contributed by atoms with Gasteiger partial charge < -0.3 is 19.5 Å². The number of ether oxygens (including phenoxy) is 3. The highest BCUT2D eigenvalue weighted by atomic mass is 35.5. The van der Waals surface area contributed by atoms with Gasteiger partial charge in [-0.2, -0.15) is 0 Å². The molecule has 1 amide bonds. The molecule has 152 valence electrons. The summed E-state index contributed by atoms with van der Waals surface area (Å²) in [7, 11) is 1.63. The Morgan fingerprint density at radius 1 is 1.44 bits per heavy atom. The van der Waals surface area contributed by atoms with E-state index in [2.05, 4.69) is 19.2 Å². The molecule has 5 nitrogen and oxygen atoms in total. The molecule has 0 aliphatic heterocycles. The monoisotopic (exact) mass is 397 g/mol. The second-order valence-electron chi connectivity index (χ2n) is 7.53. The van der Waals surface area contributed by atoms with Gasteiger partial charge in [-0.3, -0.25) is 4.79 Å². The van der Waals surface area contributed by atoms with Crippen LogP contribution in [0.5, 0.6) is 5.75 Å². The van der Waals surface area contributed by atoms with E-state index in [0.29, 0.717) is 35.6 Å². The highest BCUT2D eigenvalue weighted by molar-refractivity contribution is 6.32. The number of hydrogen-bond acceptors (Lipinski definition) is 4. The number of nitrogens with one attached hydrogen (secondary N) is 1. The van der Waals surface area contributed by atoms with Crippen molar-refractivity contribution in [2.45, 2.75) is 64.6 Å². The lowest BCUT2D eigenvalue weighted by Gasteiger charge is -2.38. The van der Waals surface area contributed by atoms with Crippen molar-refractivity contribution in [3.63, 3.8) is 0 Å². The first kappa shape index (κ1) is 22.0. The minimum Gasteiger partial charge on any atom is -0.487 e. The van der Waals surface area contributed by atoms with Crippen LogP contribution in [0.25, 0.3) is 0 Å². The van der Waals surface area contributed by atoms with Crippen LogP contribution in [-0.2, 0) is 14.3 Å². The molecule has 1 aromatic rings. The maximum absolute atomic E-state index is 13.1. The molecule has 1 aliphatic carbocycles. The van der Waals surface area contributed by atoms with Crippen LogP contribution in [-0.4, -0.2) is 37.9 Å². The van der Waals surface area contributed by atoms with E-state index in [4.69, 9.17) is 25.8 Å². The van der Waals surface area contributed by atoms with Gasteiger partial charge in [0.05, 0.1) is 11.6 Å². The maximum Gasteiger partial charge on any atom is 0.256 e. The Balaban J connectivity index is 2.09. The number of benzene rings is 1. The fourth-order valence-electron chi connectivity index (χ4n) is 3.61. The summed E-state index contributed by atoms with van der Waals surface area (Å²) < 4.78 is 16.9. The number of carbonyl (C=O) groups excluding carboxylic acids is 1. The molecule has 0 heterocycles. The first-order valence-corrected chi connectivity index (χ1v) is 10.2. The molecule has 0 spiro atoms. The molecule has 0 bridgehead atoms. The number of anilines is 1. The molecule has 0 aromatic heterocycles. The largest absolute Gasteiger partial charge is 0.487 e. The van der Waals surface area contributed by atoms with Crippen LogP contribution in [0.15, 0.2) is 18.2 Å². The van der Waals surface area contributed by atoms with Crippen LogP contribution in [0, 0.1) is 5.92 Å². The third-order valence-corrected chi connectivity index (χ3v) is 5.17. The van der Waals surface area contributed by atoms with E-state index >= 15 is 0 Å². The number of rotatable bonds is 9. The Bertz CT molecular complexity index is 624. The van der Waals surface area contributed by atoms with Crippen LogP contribution < -0.4 is 10.1 Å². The van der Waals surface area contributed by atoms with E-state index < -0.39 is 5.60 Å². The summed E-state index contributed by atoms with van der Waals surface area (Å²) >= 11 is 6.34. The van der Waals surface area contributed by atoms with Crippen molar-refractivity contribution in [2.24, 2.45) is 5.92 Å². The van der Waals surface area contributed by atoms with Crippen LogP contribution >= 0.6 is 11.6 Å². The first-order valence-electron chi connectivity index (χ1n) is 9.80. The second-order valence-corrected chi connectivity index (χ2v) is 7.93. The molecule has 0 saturated heterocycles. The molecule has 0 radical (unpaired) electrons. The Morgan fingerprint density at radius 2 is 2.22 bits per heavy atom. The SMILES string of the molecule is CCCO[C@@]1(C(=O)Nc2ccc(O[C@@H](C)COC)c(Cl)c2)CCC[C@@H](C)C1. The predicted octanol–water partition coefficient (Wildman–Crippen LogP) is 5.07. The standard InChI is InChI=1S/C21H32ClNO4/c1-5-11-26-21(10-6-7-15(2)13-21)20(24)23-17-8-9-19(18(22)12-17)27-16(3)14-25-4/h8-9,12,15-16H,5-7,10-11,13-14H2,1-4H3,(H,23,24)/t15-,16+,21+/m1/s1. The molecular formula is C21H32ClNO4. The summed E-state index contributed by atoms with van der Waals surface area (Å²) in [6, 6.07) is 5.29. The van der Waals surface area contributed by atoms with Crippen LogP contribution in [0.2, 0.25) is 5.02 Å². The summed E-state index contributed by atoms with van der Waals surface area (Å²) in [6.45, 7) is 7.21. The normalized spacial score (nSPS) is 23.7. The van der Waals surface area contributed by atoms with Crippen molar-refractivity contribution in [1.29, 1.82) is 0 Å². The number of methoxy groups -OCH3 is 1. The lowest BCUT2D eigenvalue weighted by Crippen LogP contribution is -2.48. The molecule has 3 atom stereocenters. The van der Waals surface area contributed by atoms with E-state index in [-0.39, 0.29) is 12.0 Å². The van der Waals surface area contributed by atoms with Gasteiger partial charge in [-0.25, -0.2) is 0 Å². The zero-order valence-corrected chi connectivity index (χ0v) is 17.6. The van der Waals surface area contributed by atoms with Gasteiger partial charge in [0.2, 0.25) is 0 Å². The van der Waals surface area contributed by atoms with Crippen LogP contribution in [0.1, 0.15) is 52.9 Å². The molecule has 1 saturated carbocycles. The van der Waals surface area contributed by atoms with Gasteiger partial charge in [0, 0.05) is 19.4 Å². The minimum absolute atomic E-state index is 0.0833. The van der Waals surface area contributed by atoms with Crippen molar-refractivity contribution in [3.8, 4) is 5.75 Å². The lowest BCUT2D eigenvalue weighted by molar-refractivity contribution is -0.148. The van der Waals surface area contributed by atoms with E-state index in [1.807, 2.05) is 6.92 Å².